The summed E-state index contributed by atoms with van der Waals surface area (Å²) in [7, 11) is 2.18. The highest BCUT2D eigenvalue weighted by molar-refractivity contribution is 7.99. The first-order valence-electron chi connectivity index (χ1n) is 8.67. The van der Waals surface area contributed by atoms with Crippen LogP contribution in [0.5, 0.6) is 0 Å². The minimum atomic E-state index is -0.536. The Kier molecular flexibility index (Phi) is 6.42. The summed E-state index contributed by atoms with van der Waals surface area (Å²) < 4.78 is 0. The molecule has 0 aromatic heterocycles. The lowest BCUT2D eigenvalue weighted by Crippen LogP contribution is -2.43. The molecule has 2 aromatic carbocycles. The number of likely N-dealkylation sites (N-methyl/N-ethyl adjacent to an activating group) is 1. The molecule has 134 valence electrons. The van der Waals surface area contributed by atoms with E-state index in [1.54, 1.807) is 18.7 Å². The van der Waals surface area contributed by atoms with Crippen molar-refractivity contribution in [3.63, 3.8) is 0 Å². The fourth-order valence-corrected chi connectivity index (χ4v) is 4.35. The molecule has 0 spiro atoms. The van der Waals surface area contributed by atoms with Crippen LogP contribution in [-0.4, -0.2) is 48.1 Å². The monoisotopic (exact) mass is 376 g/mol. The Morgan fingerprint density at radius 2 is 1.80 bits per heavy atom. The second-order valence-electron chi connectivity index (χ2n) is 6.65. The molecular weight excluding hydrogens is 352 g/mol. The van der Waals surface area contributed by atoms with E-state index < -0.39 is 6.10 Å². The van der Waals surface area contributed by atoms with Gasteiger partial charge in [-0.25, -0.2) is 0 Å². The summed E-state index contributed by atoms with van der Waals surface area (Å²) in [5, 5.41) is 10.7. The maximum absolute atomic E-state index is 10.1. The standard InChI is InChI=1S/C20H25ClN2OS/c1-15(24)18-13-17(21)7-8-20(18)25-19-6-4-3-5-16(19)14-23-11-9-22(2)10-12-23/h3-8,13,15,24H,9-12,14H2,1-2H3/t15-/m0/s1. The van der Waals surface area contributed by atoms with Crippen LogP contribution in [-0.2, 0) is 6.54 Å². The van der Waals surface area contributed by atoms with E-state index in [2.05, 4.69) is 41.1 Å². The van der Waals surface area contributed by atoms with E-state index in [4.69, 9.17) is 11.6 Å². The number of hydrogen-bond donors (Lipinski definition) is 1. The molecule has 0 amide bonds. The molecule has 0 saturated carbocycles. The van der Waals surface area contributed by atoms with Gasteiger partial charge in [0.15, 0.2) is 0 Å². The van der Waals surface area contributed by atoms with Crippen LogP contribution in [0.25, 0.3) is 0 Å². The zero-order valence-corrected chi connectivity index (χ0v) is 16.4. The van der Waals surface area contributed by atoms with Crippen molar-refractivity contribution in [2.45, 2.75) is 29.4 Å². The zero-order chi connectivity index (χ0) is 17.8. The number of benzene rings is 2. The summed E-state index contributed by atoms with van der Waals surface area (Å²) in [5.74, 6) is 0. The number of aliphatic hydroxyl groups excluding tert-OH is 1. The Bertz CT molecular complexity index is 715. The molecule has 25 heavy (non-hydrogen) atoms. The summed E-state index contributed by atoms with van der Waals surface area (Å²) in [6.45, 7) is 7.21. The second kappa shape index (κ2) is 8.56. The van der Waals surface area contributed by atoms with Gasteiger partial charge >= 0.3 is 0 Å². The minimum absolute atomic E-state index is 0.536. The van der Waals surface area contributed by atoms with Crippen molar-refractivity contribution in [3.05, 3.63) is 58.6 Å². The molecule has 0 bridgehead atoms. The molecule has 3 nitrogen and oxygen atoms in total. The zero-order valence-electron chi connectivity index (χ0n) is 14.8. The molecule has 1 atom stereocenters. The summed E-state index contributed by atoms with van der Waals surface area (Å²) in [6, 6.07) is 14.3. The summed E-state index contributed by atoms with van der Waals surface area (Å²) in [6.07, 6.45) is -0.536. The van der Waals surface area contributed by atoms with Crippen molar-refractivity contribution < 1.29 is 5.11 Å². The largest absolute Gasteiger partial charge is 0.389 e. The molecule has 0 radical (unpaired) electrons. The van der Waals surface area contributed by atoms with Gasteiger partial charge in [-0.1, -0.05) is 41.6 Å². The van der Waals surface area contributed by atoms with Gasteiger partial charge in [0.1, 0.15) is 0 Å². The van der Waals surface area contributed by atoms with Crippen LogP contribution in [0.15, 0.2) is 52.3 Å². The van der Waals surface area contributed by atoms with E-state index in [9.17, 15) is 5.11 Å². The highest BCUT2D eigenvalue weighted by atomic mass is 35.5. The maximum atomic E-state index is 10.1. The van der Waals surface area contributed by atoms with Crippen LogP contribution in [0.3, 0.4) is 0 Å². The number of aliphatic hydroxyl groups is 1. The predicted molar refractivity (Wildman–Crippen MR) is 105 cm³/mol. The van der Waals surface area contributed by atoms with Gasteiger partial charge in [-0.05, 0) is 49.4 Å². The van der Waals surface area contributed by atoms with E-state index in [1.165, 1.54) is 10.5 Å². The maximum Gasteiger partial charge on any atom is 0.0773 e. The average Bonchev–Trinajstić information content (AvgIpc) is 2.60. The first-order valence-corrected chi connectivity index (χ1v) is 9.86. The van der Waals surface area contributed by atoms with Crippen LogP contribution in [0.2, 0.25) is 5.02 Å². The summed E-state index contributed by atoms with van der Waals surface area (Å²) in [4.78, 5) is 7.19. The normalized spacial score (nSPS) is 17.6. The van der Waals surface area contributed by atoms with Gasteiger partial charge in [0.2, 0.25) is 0 Å². The van der Waals surface area contributed by atoms with Crippen LogP contribution >= 0.6 is 23.4 Å². The van der Waals surface area contributed by atoms with Crippen LogP contribution in [0.4, 0.5) is 0 Å². The Balaban J connectivity index is 1.80. The lowest BCUT2D eigenvalue weighted by molar-refractivity contribution is 0.147. The fourth-order valence-electron chi connectivity index (χ4n) is 3.04. The van der Waals surface area contributed by atoms with E-state index in [-0.39, 0.29) is 0 Å². The predicted octanol–water partition coefficient (Wildman–Crippen LogP) is 4.29. The van der Waals surface area contributed by atoms with Crippen molar-refractivity contribution in [3.8, 4) is 0 Å². The van der Waals surface area contributed by atoms with Gasteiger partial charge in [-0.2, -0.15) is 0 Å². The highest BCUT2D eigenvalue weighted by Crippen LogP contribution is 2.36. The molecule has 0 aliphatic carbocycles. The van der Waals surface area contributed by atoms with Gasteiger partial charge < -0.3 is 10.0 Å². The van der Waals surface area contributed by atoms with E-state index in [0.29, 0.717) is 5.02 Å². The third-order valence-electron chi connectivity index (χ3n) is 4.60. The number of piperazine rings is 1. The molecule has 3 rings (SSSR count). The molecular formula is C20H25ClN2OS. The molecule has 1 heterocycles. The van der Waals surface area contributed by atoms with Crippen LogP contribution in [0.1, 0.15) is 24.2 Å². The highest BCUT2D eigenvalue weighted by Gasteiger charge is 2.17. The SMILES string of the molecule is C[C@H](O)c1cc(Cl)ccc1Sc1ccccc1CN1CCN(C)CC1. The number of hydrogen-bond acceptors (Lipinski definition) is 4. The molecule has 1 aliphatic rings. The minimum Gasteiger partial charge on any atom is -0.389 e. The first kappa shape index (κ1) is 18.7. The van der Waals surface area contributed by atoms with Gasteiger partial charge in [0, 0.05) is 47.5 Å². The lowest BCUT2D eigenvalue weighted by atomic mass is 10.1. The molecule has 0 unspecified atom stereocenters. The van der Waals surface area contributed by atoms with E-state index in [0.717, 1.165) is 43.2 Å². The Morgan fingerprint density at radius 1 is 1.08 bits per heavy atom. The first-order chi connectivity index (χ1) is 12.0. The van der Waals surface area contributed by atoms with Gasteiger partial charge in [-0.3, -0.25) is 4.90 Å². The fraction of sp³-hybridized carbons (Fsp3) is 0.400. The Morgan fingerprint density at radius 3 is 2.52 bits per heavy atom. The topological polar surface area (TPSA) is 26.7 Å². The van der Waals surface area contributed by atoms with Crippen LogP contribution < -0.4 is 0 Å². The lowest BCUT2D eigenvalue weighted by Gasteiger charge is -2.32. The third kappa shape index (κ3) is 4.99. The smallest absolute Gasteiger partial charge is 0.0773 e. The van der Waals surface area contributed by atoms with Crippen LogP contribution in [0, 0.1) is 0 Å². The molecule has 5 heteroatoms. The molecule has 1 fully saturated rings. The molecule has 1 saturated heterocycles. The number of halogens is 1. The quantitative estimate of drug-likeness (QED) is 0.842. The average molecular weight is 377 g/mol. The van der Waals surface area contributed by atoms with E-state index >= 15 is 0 Å². The van der Waals surface area contributed by atoms with Crippen molar-refractivity contribution >= 4 is 23.4 Å². The number of nitrogens with zero attached hydrogens (tertiary/aromatic N) is 2. The van der Waals surface area contributed by atoms with Crippen molar-refractivity contribution in [1.29, 1.82) is 0 Å². The summed E-state index contributed by atoms with van der Waals surface area (Å²) in [5.41, 5.74) is 2.22. The third-order valence-corrected chi connectivity index (χ3v) is 6.05. The van der Waals surface area contributed by atoms with Gasteiger partial charge in [-0.15, -0.1) is 0 Å². The number of rotatable bonds is 5. The Labute approximate surface area is 159 Å². The molecule has 2 aromatic rings. The van der Waals surface area contributed by atoms with Gasteiger partial charge in [0.25, 0.3) is 0 Å². The van der Waals surface area contributed by atoms with Crippen molar-refractivity contribution in [2.75, 3.05) is 33.2 Å². The molecule has 1 aliphatic heterocycles. The second-order valence-corrected chi connectivity index (χ2v) is 8.17. The molecule has 1 N–H and O–H groups in total. The Hall–Kier alpha value is -1.04. The van der Waals surface area contributed by atoms with Gasteiger partial charge in [0.05, 0.1) is 6.10 Å². The van der Waals surface area contributed by atoms with Crippen molar-refractivity contribution in [1.82, 2.24) is 9.80 Å². The van der Waals surface area contributed by atoms with E-state index in [1.807, 2.05) is 18.2 Å². The van der Waals surface area contributed by atoms with Crippen molar-refractivity contribution in [2.24, 2.45) is 0 Å². The summed E-state index contributed by atoms with van der Waals surface area (Å²) >= 11 is 7.82.